The lowest BCUT2D eigenvalue weighted by Crippen LogP contribution is -2.29. The largest absolute Gasteiger partial charge is 0.421 e. The lowest BCUT2D eigenvalue weighted by atomic mass is 10.2. The van der Waals surface area contributed by atoms with E-state index in [1.807, 2.05) is 30.3 Å². The van der Waals surface area contributed by atoms with Crippen molar-refractivity contribution in [2.24, 2.45) is 0 Å². The highest BCUT2D eigenvalue weighted by Crippen LogP contribution is 2.29. The quantitative estimate of drug-likeness (QED) is 0.656. The van der Waals surface area contributed by atoms with Gasteiger partial charge < -0.3 is 4.74 Å². The van der Waals surface area contributed by atoms with E-state index in [0.717, 1.165) is 15.0 Å². The van der Waals surface area contributed by atoms with Gasteiger partial charge in [-0.25, -0.2) is 4.79 Å². The number of halogens is 1. The minimum absolute atomic E-state index is 0.476. The van der Waals surface area contributed by atoms with Gasteiger partial charge in [-0.2, -0.15) is 0 Å². The molecule has 0 aliphatic heterocycles. The molecule has 0 aliphatic carbocycles. The van der Waals surface area contributed by atoms with Gasteiger partial charge in [-0.15, -0.1) is 10.2 Å². The molecule has 0 saturated carbocycles. The number of anilines is 1. The zero-order valence-electron chi connectivity index (χ0n) is 12.1. The summed E-state index contributed by atoms with van der Waals surface area (Å²) in [4.78, 5) is 13.5. The number of ether oxygens (including phenoxy) is 1. The van der Waals surface area contributed by atoms with Crippen molar-refractivity contribution >= 4 is 38.5 Å². The number of para-hydroxylation sites is 1. The van der Waals surface area contributed by atoms with Crippen LogP contribution < -0.4 is 9.64 Å². The SMILES string of the molecule is CN(C(=O)Oc1ccccc1)c1nnc(-c2ccc(Br)cc2)s1. The maximum Gasteiger partial charge on any atom is 0.421 e. The Labute approximate surface area is 145 Å². The lowest BCUT2D eigenvalue weighted by molar-refractivity contribution is 0.209. The average molecular weight is 390 g/mol. The van der Waals surface area contributed by atoms with Gasteiger partial charge in [-0.1, -0.05) is 57.6 Å². The number of carbonyl (C=O) groups is 1. The number of benzene rings is 2. The van der Waals surface area contributed by atoms with Crippen molar-refractivity contribution in [3.63, 3.8) is 0 Å². The second kappa shape index (κ2) is 6.89. The summed E-state index contributed by atoms with van der Waals surface area (Å²) < 4.78 is 6.28. The van der Waals surface area contributed by atoms with Crippen molar-refractivity contribution in [2.45, 2.75) is 0 Å². The molecule has 7 heteroatoms. The van der Waals surface area contributed by atoms with Crippen molar-refractivity contribution in [1.82, 2.24) is 10.2 Å². The summed E-state index contributed by atoms with van der Waals surface area (Å²) in [6.45, 7) is 0. The summed E-state index contributed by atoms with van der Waals surface area (Å²) in [5, 5.41) is 9.41. The van der Waals surface area contributed by atoms with Gasteiger partial charge in [0.15, 0.2) is 0 Å². The molecule has 0 unspecified atom stereocenters. The summed E-state index contributed by atoms with van der Waals surface area (Å²) in [5.74, 6) is 0.488. The number of hydrogen-bond donors (Lipinski definition) is 0. The monoisotopic (exact) mass is 389 g/mol. The molecule has 3 aromatic rings. The van der Waals surface area contributed by atoms with Gasteiger partial charge in [0.05, 0.1) is 0 Å². The van der Waals surface area contributed by atoms with E-state index in [2.05, 4.69) is 26.1 Å². The molecule has 2 aromatic carbocycles. The Hall–Kier alpha value is -2.25. The van der Waals surface area contributed by atoms with E-state index < -0.39 is 6.09 Å². The van der Waals surface area contributed by atoms with Gasteiger partial charge in [-0.3, -0.25) is 4.90 Å². The van der Waals surface area contributed by atoms with Crippen LogP contribution in [0.15, 0.2) is 59.1 Å². The molecule has 116 valence electrons. The van der Waals surface area contributed by atoms with Gasteiger partial charge in [0, 0.05) is 17.1 Å². The third-order valence-corrected chi connectivity index (χ3v) is 4.59. The predicted octanol–water partition coefficient (Wildman–Crippen LogP) is 4.60. The van der Waals surface area contributed by atoms with E-state index in [1.165, 1.54) is 16.2 Å². The van der Waals surface area contributed by atoms with E-state index >= 15 is 0 Å². The summed E-state index contributed by atoms with van der Waals surface area (Å²) in [5.41, 5.74) is 0.946. The van der Waals surface area contributed by atoms with Gasteiger partial charge in [-0.05, 0) is 24.3 Å². The van der Waals surface area contributed by atoms with Crippen LogP contribution in [0.25, 0.3) is 10.6 Å². The van der Waals surface area contributed by atoms with Crippen LogP contribution in [-0.2, 0) is 0 Å². The highest BCUT2D eigenvalue weighted by atomic mass is 79.9. The highest BCUT2D eigenvalue weighted by Gasteiger charge is 2.18. The number of aromatic nitrogens is 2. The van der Waals surface area contributed by atoms with Gasteiger partial charge in [0.2, 0.25) is 5.13 Å². The molecule has 0 aliphatic rings. The second-order valence-corrected chi connectivity index (χ2v) is 6.51. The number of hydrogen-bond acceptors (Lipinski definition) is 5. The van der Waals surface area contributed by atoms with Crippen LogP contribution in [-0.4, -0.2) is 23.3 Å². The molecule has 0 radical (unpaired) electrons. The van der Waals surface area contributed by atoms with Crippen LogP contribution in [0.1, 0.15) is 0 Å². The van der Waals surface area contributed by atoms with E-state index in [4.69, 9.17) is 4.74 Å². The van der Waals surface area contributed by atoms with Crippen LogP contribution in [0.2, 0.25) is 0 Å². The predicted molar refractivity (Wildman–Crippen MR) is 93.9 cm³/mol. The molecule has 1 heterocycles. The number of carbonyl (C=O) groups excluding carboxylic acids is 1. The fourth-order valence-electron chi connectivity index (χ4n) is 1.80. The van der Waals surface area contributed by atoms with E-state index in [-0.39, 0.29) is 0 Å². The molecule has 0 atom stereocenters. The third-order valence-electron chi connectivity index (χ3n) is 3.01. The van der Waals surface area contributed by atoms with E-state index in [0.29, 0.717) is 10.9 Å². The van der Waals surface area contributed by atoms with Crippen molar-refractivity contribution in [1.29, 1.82) is 0 Å². The normalized spacial score (nSPS) is 10.3. The molecule has 5 nitrogen and oxygen atoms in total. The summed E-state index contributed by atoms with van der Waals surface area (Å²) in [7, 11) is 1.61. The van der Waals surface area contributed by atoms with Crippen LogP contribution in [0.5, 0.6) is 5.75 Å². The first-order chi connectivity index (χ1) is 11.1. The Morgan fingerprint density at radius 2 is 1.78 bits per heavy atom. The Morgan fingerprint density at radius 3 is 2.48 bits per heavy atom. The molecule has 0 spiro atoms. The first-order valence-electron chi connectivity index (χ1n) is 6.73. The van der Waals surface area contributed by atoms with Crippen molar-refractivity contribution in [3.05, 3.63) is 59.1 Å². The molecule has 3 rings (SSSR count). The topological polar surface area (TPSA) is 55.3 Å². The Bertz CT molecular complexity index is 806. The zero-order valence-corrected chi connectivity index (χ0v) is 14.5. The molecule has 1 amide bonds. The van der Waals surface area contributed by atoms with Crippen molar-refractivity contribution in [2.75, 3.05) is 11.9 Å². The van der Waals surface area contributed by atoms with Crippen LogP contribution in [0, 0.1) is 0 Å². The minimum atomic E-state index is -0.505. The van der Waals surface area contributed by atoms with Crippen molar-refractivity contribution < 1.29 is 9.53 Å². The number of rotatable bonds is 3. The summed E-state index contributed by atoms with van der Waals surface area (Å²) >= 11 is 4.72. The standard InChI is InChI=1S/C16H12BrN3O2S/c1-20(16(21)22-13-5-3-2-4-6-13)15-19-18-14(23-15)11-7-9-12(17)10-8-11/h2-10H,1H3. The molecule has 0 bridgehead atoms. The number of amides is 1. The van der Waals surface area contributed by atoms with Crippen LogP contribution in [0.4, 0.5) is 9.93 Å². The Morgan fingerprint density at radius 1 is 1.09 bits per heavy atom. The Balaban J connectivity index is 1.74. The summed E-state index contributed by atoms with van der Waals surface area (Å²) in [6, 6.07) is 16.7. The third kappa shape index (κ3) is 3.75. The molecule has 0 fully saturated rings. The fourth-order valence-corrected chi connectivity index (χ4v) is 2.86. The maximum atomic E-state index is 12.1. The van der Waals surface area contributed by atoms with Gasteiger partial charge >= 0.3 is 6.09 Å². The Kier molecular flexibility index (Phi) is 4.68. The first-order valence-corrected chi connectivity index (χ1v) is 8.34. The van der Waals surface area contributed by atoms with E-state index in [9.17, 15) is 4.79 Å². The average Bonchev–Trinajstić information content (AvgIpc) is 3.05. The molecule has 0 N–H and O–H groups in total. The van der Waals surface area contributed by atoms with Gasteiger partial charge in [0.25, 0.3) is 0 Å². The molecule has 0 saturated heterocycles. The first kappa shape index (κ1) is 15.6. The smallest absolute Gasteiger partial charge is 0.410 e. The molecule has 1 aromatic heterocycles. The fraction of sp³-hybridized carbons (Fsp3) is 0.0625. The van der Waals surface area contributed by atoms with Gasteiger partial charge in [0.1, 0.15) is 10.8 Å². The molecular weight excluding hydrogens is 378 g/mol. The van der Waals surface area contributed by atoms with Crippen LogP contribution in [0.3, 0.4) is 0 Å². The minimum Gasteiger partial charge on any atom is -0.410 e. The van der Waals surface area contributed by atoms with Crippen LogP contribution >= 0.6 is 27.3 Å². The van der Waals surface area contributed by atoms with E-state index in [1.54, 1.807) is 31.3 Å². The second-order valence-electron chi connectivity index (χ2n) is 4.64. The summed E-state index contributed by atoms with van der Waals surface area (Å²) in [6.07, 6.45) is -0.505. The zero-order chi connectivity index (χ0) is 16.2. The molecule has 23 heavy (non-hydrogen) atoms. The van der Waals surface area contributed by atoms with Crippen molar-refractivity contribution in [3.8, 4) is 16.3 Å². The highest BCUT2D eigenvalue weighted by molar-refractivity contribution is 9.10. The lowest BCUT2D eigenvalue weighted by Gasteiger charge is -2.12. The number of nitrogens with zero attached hydrogens (tertiary/aromatic N) is 3. The maximum absolute atomic E-state index is 12.1. The molecular formula is C16H12BrN3O2S.